The van der Waals surface area contributed by atoms with Gasteiger partial charge in [0, 0.05) is 32.3 Å². The minimum Gasteiger partial charge on any atom is -0.343 e. The van der Waals surface area contributed by atoms with Crippen LogP contribution in [0.5, 0.6) is 0 Å². The molecule has 8 nitrogen and oxygen atoms in total. The summed E-state index contributed by atoms with van der Waals surface area (Å²) < 4.78 is 0. The molecule has 138 valence electrons. The minimum atomic E-state index is -0.722. The summed E-state index contributed by atoms with van der Waals surface area (Å²) in [5.74, 6) is -0.893. The van der Waals surface area contributed by atoms with E-state index >= 15 is 0 Å². The van der Waals surface area contributed by atoms with Crippen LogP contribution in [0.25, 0.3) is 0 Å². The van der Waals surface area contributed by atoms with Crippen LogP contribution < -0.4 is 10.6 Å². The van der Waals surface area contributed by atoms with Gasteiger partial charge in [0.2, 0.25) is 5.91 Å². The molecule has 0 aliphatic heterocycles. The first kappa shape index (κ1) is 20.9. The number of carbonyl (C=O) groups is 2. The molecule has 25 heavy (non-hydrogen) atoms. The first-order valence-electron chi connectivity index (χ1n) is 7.83. The molecule has 9 heteroatoms. The van der Waals surface area contributed by atoms with Crippen molar-refractivity contribution in [1.29, 1.82) is 0 Å². The van der Waals surface area contributed by atoms with Gasteiger partial charge in [-0.15, -0.1) is 0 Å². The van der Waals surface area contributed by atoms with Crippen LogP contribution in [0, 0.1) is 16.0 Å². The fraction of sp³-hybridized carbons (Fsp3) is 0.500. The molecular formula is C16H23ClN4O4. The number of nitro groups is 1. The van der Waals surface area contributed by atoms with Crippen LogP contribution in [0.4, 0.5) is 5.69 Å². The van der Waals surface area contributed by atoms with Crippen molar-refractivity contribution in [2.45, 2.75) is 19.9 Å². The quantitative estimate of drug-likeness (QED) is 0.535. The van der Waals surface area contributed by atoms with Crippen LogP contribution in [0.3, 0.4) is 0 Å². The van der Waals surface area contributed by atoms with E-state index in [2.05, 4.69) is 10.6 Å². The molecule has 1 rings (SSSR count). The third-order valence-corrected chi connectivity index (χ3v) is 4.01. The zero-order chi connectivity index (χ0) is 19.1. The van der Waals surface area contributed by atoms with Crippen molar-refractivity contribution in [2.24, 2.45) is 5.92 Å². The molecule has 0 saturated heterocycles. The van der Waals surface area contributed by atoms with Crippen molar-refractivity contribution < 1.29 is 14.5 Å². The molecule has 0 spiro atoms. The van der Waals surface area contributed by atoms with E-state index in [-0.39, 0.29) is 28.1 Å². The predicted octanol–water partition coefficient (Wildman–Crippen LogP) is 1.68. The second-order valence-corrected chi connectivity index (χ2v) is 6.39. The van der Waals surface area contributed by atoms with Crippen LogP contribution in [-0.2, 0) is 4.79 Å². The van der Waals surface area contributed by atoms with Crippen LogP contribution in [0.2, 0.25) is 5.02 Å². The van der Waals surface area contributed by atoms with Gasteiger partial charge in [0.1, 0.15) is 6.04 Å². The molecule has 0 heterocycles. The van der Waals surface area contributed by atoms with Crippen molar-refractivity contribution in [2.75, 3.05) is 27.2 Å². The highest BCUT2D eigenvalue weighted by Gasteiger charge is 2.28. The number of non-ortho nitro benzene ring substituents is 1. The molecule has 0 fully saturated rings. The summed E-state index contributed by atoms with van der Waals surface area (Å²) in [7, 11) is 3.46. The molecule has 1 aromatic carbocycles. The van der Waals surface area contributed by atoms with Crippen molar-refractivity contribution in [3.63, 3.8) is 0 Å². The lowest BCUT2D eigenvalue weighted by Crippen LogP contribution is -2.51. The monoisotopic (exact) mass is 370 g/mol. The number of benzene rings is 1. The van der Waals surface area contributed by atoms with E-state index in [4.69, 9.17) is 11.6 Å². The topological polar surface area (TPSA) is 105 Å². The first-order chi connectivity index (χ1) is 11.7. The van der Waals surface area contributed by atoms with Crippen molar-refractivity contribution in [3.05, 3.63) is 38.9 Å². The molecule has 1 aromatic rings. The molecule has 0 radical (unpaired) electrons. The Bertz CT molecular complexity index is 651. The third-order valence-electron chi connectivity index (χ3n) is 3.70. The van der Waals surface area contributed by atoms with Gasteiger partial charge in [-0.1, -0.05) is 25.4 Å². The van der Waals surface area contributed by atoms with Crippen LogP contribution in [0.1, 0.15) is 24.2 Å². The smallest absolute Gasteiger partial charge is 0.270 e. The average Bonchev–Trinajstić information content (AvgIpc) is 2.56. The molecule has 0 saturated carbocycles. The Kier molecular flexibility index (Phi) is 7.79. The van der Waals surface area contributed by atoms with E-state index in [1.54, 1.807) is 19.0 Å². The average molecular weight is 371 g/mol. The summed E-state index contributed by atoms with van der Waals surface area (Å²) in [5, 5.41) is 16.3. The number of halogens is 1. The maximum atomic E-state index is 12.5. The Labute approximate surface area is 151 Å². The summed E-state index contributed by atoms with van der Waals surface area (Å²) in [4.78, 5) is 36.7. The van der Waals surface area contributed by atoms with Gasteiger partial charge >= 0.3 is 0 Å². The summed E-state index contributed by atoms with van der Waals surface area (Å²) in [6.45, 7) is 4.79. The minimum absolute atomic E-state index is 0.0369. The Morgan fingerprint density at radius 3 is 2.48 bits per heavy atom. The SMILES string of the molecule is CNCCN(C)C(=O)C(NC(=O)c1ccc([N+](=O)[O-])cc1Cl)C(C)C. The maximum absolute atomic E-state index is 12.5. The number of nitrogens with one attached hydrogen (secondary N) is 2. The summed E-state index contributed by atoms with van der Waals surface area (Å²) in [5.41, 5.74) is -0.117. The second-order valence-electron chi connectivity index (χ2n) is 5.98. The van der Waals surface area contributed by atoms with E-state index in [0.717, 1.165) is 6.07 Å². The highest BCUT2D eigenvalue weighted by atomic mass is 35.5. The number of nitro benzene ring substituents is 1. The highest BCUT2D eigenvalue weighted by Crippen LogP contribution is 2.22. The first-order valence-corrected chi connectivity index (χ1v) is 8.21. The molecule has 0 aliphatic carbocycles. The highest BCUT2D eigenvalue weighted by molar-refractivity contribution is 6.34. The van der Waals surface area contributed by atoms with Gasteiger partial charge in [0.25, 0.3) is 11.6 Å². The zero-order valence-corrected chi connectivity index (χ0v) is 15.5. The number of hydrogen-bond acceptors (Lipinski definition) is 5. The van der Waals surface area contributed by atoms with Crippen molar-refractivity contribution >= 4 is 29.1 Å². The van der Waals surface area contributed by atoms with E-state index in [0.29, 0.717) is 13.1 Å². The normalized spacial score (nSPS) is 11.9. The van der Waals surface area contributed by atoms with E-state index in [1.807, 2.05) is 13.8 Å². The lowest BCUT2D eigenvalue weighted by molar-refractivity contribution is -0.384. The van der Waals surface area contributed by atoms with Crippen molar-refractivity contribution in [3.8, 4) is 0 Å². The Balaban J connectivity index is 2.93. The number of rotatable bonds is 8. The predicted molar refractivity (Wildman–Crippen MR) is 95.8 cm³/mol. The molecule has 0 aromatic heterocycles. The molecule has 1 unspecified atom stereocenters. The third kappa shape index (κ3) is 5.68. The largest absolute Gasteiger partial charge is 0.343 e. The van der Waals surface area contributed by atoms with Gasteiger partial charge < -0.3 is 15.5 Å². The van der Waals surface area contributed by atoms with Crippen LogP contribution >= 0.6 is 11.6 Å². The van der Waals surface area contributed by atoms with E-state index < -0.39 is 16.9 Å². The number of carbonyl (C=O) groups excluding carboxylic acids is 2. The van der Waals surface area contributed by atoms with Gasteiger partial charge in [-0.05, 0) is 19.0 Å². The number of likely N-dealkylation sites (N-methyl/N-ethyl adjacent to an activating group) is 2. The summed E-state index contributed by atoms with van der Waals surface area (Å²) in [6.07, 6.45) is 0. The van der Waals surface area contributed by atoms with E-state index in [9.17, 15) is 19.7 Å². The van der Waals surface area contributed by atoms with Crippen molar-refractivity contribution in [1.82, 2.24) is 15.5 Å². The Morgan fingerprint density at radius 1 is 1.36 bits per heavy atom. The molecular weight excluding hydrogens is 348 g/mol. The lowest BCUT2D eigenvalue weighted by atomic mass is 10.0. The number of hydrogen-bond donors (Lipinski definition) is 2. The Hall–Kier alpha value is -2.19. The standard InChI is InChI=1S/C16H23ClN4O4/c1-10(2)14(16(23)20(4)8-7-18-3)19-15(22)12-6-5-11(21(24)25)9-13(12)17/h5-6,9-10,14,18H,7-8H2,1-4H3,(H,19,22). The van der Waals surface area contributed by atoms with Gasteiger partial charge in [-0.2, -0.15) is 0 Å². The molecule has 1 atom stereocenters. The van der Waals surface area contributed by atoms with Gasteiger partial charge in [-0.25, -0.2) is 0 Å². The number of amides is 2. The van der Waals surface area contributed by atoms with Gasteiger partial charge in [0.05, 0.1) is 15.5 Å². The fourth-order valence-electron chi connectivity index (χ4n) is 2.16. The summed E-state index contributed by atoms with van der Waals surface area (Å²) in [6, 6.07) is 2.87. The second kappa shape index (κ2) is 9.33. The van der Waals surface area contributed by atoms with Crippen LogP contribution in [-0.4, -0.2) is 54.9 Å². The Morgan fingerprint density at radius 2 is 2.00 bits per heavy atom. The molecule has 2 amide bonds. The lowest BCUT2D eigenvalue weighted by Gasteiger charge is -2.27. The van der Waals surface area contributed by atoms with E-state index in [1.165, 1.54) is 12.1 Å². The molecule has 0 bridgehead atoms. The number of nitrogens with zero attached hydrogens (tertiary/aromatic N) is 2. The molecule has 2 N–H and O–H groups in total. The van der Waals surface area contributed by atoms with Gasteiger partial charge in [-0.3, -0.25) is 19.7 Å². The zero-order valence-electron chi connectivity index (χ0n) is 14.7. The van der Waals surface area contributed by atoms with Crippen LogP contribution in [0.15, 0.2) is 18.2 Å². The maximum Gasteiger partial charge on any atom is 0.270 e. The summed E-state index contributed by atoms with van der Waals surface area (Å²) >= 11 is 5.97. The van der Waals surface area contributed by atoms with Gasteiger partial charge in [0.15, 0.2) is 0 Å². The fourth-order valence-corrected chi connectivity index (χ4v) is 2.42. The molecule has 0 aliphatic rings.